The smallest absolute Gasteiger partial charge is 0.319 e. The van der Waals surface area contributed by atoms with E-state index in [1.807, 2.05) is 39.8 Å². The standard InChI is InChI=1S/C27H28ClN3O5S/c1-6-36-20-8-7-17(11-19(20)28)22-18(12-29)26(31-25(33)23(22)27(34)35-5)37-13-21(32)30-24-15(3)9-14(2)10-16(24)4/h7-11,22-23H,6,13H2,1-5H3,(H,30,32)(H,31,33)/t22-,23+/m1/s1. The van der Waals surface area contributed by atoms with Crippen LogP contribution in [0.5, 0.6) is 5.75 Å². The summed E-state index contributed by atoms with van der Waals surface area (Å²) in [6.45, 7) is 8.04. The second kappa shape index (κ2) is 12.2. The van der Waals surface area contributed by atoms with Crippen LogP contribution in [0.3, 0.4) is 0 Å². The normalized spacial score (nSPS) is 17.1. The van der Waals surface area contributed by atoms with Crippen molar-refractivity contribution in [2.75, 3.05) is 24.8 Å². The van der Waals surface area contributed by atoms with Gasteiger partial charge >= 0.3 is 5.97 Å². The van der Waals surface area contributed by atoms with Gasteiger partial charge in [0.25, 0.3) is 0 Å². The summed E-state index contributed by atoms with van der Waals surface area (Å²) in [5.74, 6) is -3.58. The monoisotopic (exact) mass is 541 g/mol. The first-order chi connectivity index (χ1) is 17.6. The van der Waals surface area contributed by atoms with E-state index in [-0.39, 0.29) is 27.3 Å². The molecule has 1 aliphatic rings. The molecule has 0 bridgehead atoms. The number of esters is 1. The first-order valence-corrected chi connectivity index (χ1v) is 12.9. The summed E-state index contributed by atoms with van der Waals surface area (Å²) in [6, 6.07) is 10.9. The minimum absolute atomic E-state index is 0.0623. The highest BCUT2D eigenvalue weighted by atomic mass is 35.5. The number of thioether (sulfide) groups is 1. The predicted molar refractivity (Wildman–Crippen MR) is 143 cm³/mol. The Kier molecular flexibility index (Phi) is 9.24. The van der Waals surface area contributed by atoms with Gasteiger partial charge in [0.05, 0.1) is 41.2 Å². The fraction of sp³-hybridized carbons (Fsp3) is 0.333. The zero-order chi connectivity index (χ0) is 27.3. The highest BCUT2D eigenvalue weighted by Gasteiger charge is 2.44. The van der Waals surface area contributed by atoms with Gasteiger partial charge in [0, 0.05) is 11.6 Å². The summed E-state index contributed by atoms with van der Waals surface area (Å²) in [6.07, 6.45) is 0. The number of allylic oxidation sites excluding steroid dienone is 1. The van der Waals surface area contributed by atoms with Crippen LogP contribution in [0.4, 0.5) is 5.69 Å². The number of hydrogen-bond acceptors (Lipinski definition) is 7. The first kappa shape index (κ1) is 28.1. The molecule has 2 N–H and O–H groups in total. The van der Waals surface area contributed by atoms with Crippen molar-refractivity contribution >= 4 is 46.8 Å². The van der Waals surface area contributed by atoms with Crippen molar-refractivity contribution < 1.29 is 23.9 Å². The number of anilines is 1. The minimum Gasteiger partial charge on any atom is -0.492 e. The van der Waals surface area contributed by atoms with E-state index in [1.54, 1.807) is 18.2 Å². The van der Waals surface area contributed by atoms with Gasteiger partial charge in [0.2, 0.25) is 11.8 Å². The Morgan fingerprint density at radius 2 is 1.86 bits per heavy atom. The quantitative estimate of drug-likeness (QED) is 0.365. The van der Waals surface area contributed by atoms with Gasteiger partial charge in [-0.25, -0.2) is 0 Å². The van der Waals surface area contributed by atoms with Gasteiger partial charge in [-0.05, 0) is 56.5 Å². The number of ether oxygens (including phenoxy) is 2. The third kappa shape index (κ3) is 6.27. The predicted octanol–water partition coefficient (Wildman–Crippen LogP) is 4.77. The second-order valence-corrected chi connectivity index (χ2v) is 9.95. The number of hydrogen-bond donors (Lipinski definition) is 2. The summed E-state index contributed by atoms with van der Waals surface area (Å²) in [7, 11) is 1.18. The molecule has 0 aromatic heterocycles. The molecule has 2 atom stereocenters. The molecule has 2 aromatic rings. The summed E-state index contributed by atoms with van der Waals surface area (Å²) >= 11 is 7.38. The molecule has 37 heavy (non-hydrogen) atoms. The molecule has 0 saturated heterocycles. The molecule has 0 aliphatic carbocycles. The Balaban J connectivity index is 1.93. The molecule has 8 nitrogen and oxygen atoms in total. The molecule has 2 aromatic carbocycles. The third-order valence-electron chi connectivity index (χ3n) is 5.89. The average molecular weight is 542 g/mol. The van der Waals surface area contributed by atoms with Crippen molar-refractivity contribution in [3.05, 3.63) is 68.2 Å². The molecule has 10 heteroatoms. The topological polar surface area (TPSA) is 118 Å². The Morgan fingerprint density at radius 3 is 2.43 bits per heavy atom. The minimum atomic E-state index is -1.30. The van der Waals surface area contributed by atoms with Crippen molar-refractivity contribution in [1.29, 1.82) is 5.26 Å². The van der Waals surface area contributed by atoms with Gasteiger partial charge in [0.15, 0.2) is 0 Å². The van der Waals surface area contributed by atoms with Crippen LogP contribution in [0.1, 0.15) is 35.1 Å². The summed E-state index contributed by atoms with van der Waals surface area (Å²) in [5, 5.41) is 16.1. The lowest BCUT2D eigenvalue weighted by atomic mass is 9.78. The van der Waals surface area contributed by atoms with Gasteiger partial charge in [-0.3, -0.25) is 14.4 Å². The third-order valence-corrected chi connectivity index (χ3v) is 7.20. The SMILES string of the molecule is CCOc1ccc([C@@H]2C(C#N)=C(SCC(=O)Nc3c(C)cc(C)cc3C)NC(=O)[C@H]2C(=O)OC)cc1Cl. The van der Waals surface area contributed by atoms with Crippen molar-refractivity contribution in [3.63, 3.8) is 0 Å². The molecule has 0 spiro atoms. The van der Waals surface area contributed by atoms with E-state index in [0.717, 1.165) is 34.1 Å². The number of halogens is 1. The molecule has 2 amide bonds. The van der Waals surface area contributed by atoms with E-state index in [4.69, 9.17) is 21.1 Å². The number of nitriles is 1. The molecular formula is C27H28ClN3O5S. The van der Waals surface area contributed by atoms with Crippen LogP contribution in [-0.2, 0) is 19.1 Å². The van der Waals surface area contributed by atoms with Crippen molar-refractivity contribution in [3.8, 4) is 11.8 Å². The Bertz CT molecular complexity index is 1290. The first-order valence-electron chi connectivity index (χ1n) is 11.6. The van der Waals surface area contributed by atoms with Gasteiger partial charge in [0.1, 0.15) is 11.7 Å². The zero-order valence-corrected chi connectivity index (χ0v) is 22.8. The highest BCUT2D eigenvalue weighted by molar-refractivity contribution is 8.03. The van der Waals surface area contributed by atoms with E-state index in [9.17, 15) is 19.6 Å². The van der Waals surface area contributed by atoms with Gasteiger partial charge < -0.3 is 20.1 Å². The van der Waals surface area contributed by atoms with E-state index >= 15 is 0 Å². The molecule has 0 radical (unpaired) electrons. The molecule has 0 fully saturated rings. The van der Waals surface area contributed by atoms with Crippen LogP contribution in [0, 0.1) is 38.0 Å². The van der Waals surface area contributed by atoms with Crippen LogP contribution in [-0.4, -0.2) is 37.3 Å². The maximum absolute atomic E-state index is 13.0. The number of amides is 2. The van der Waals surface area contributed by atoms with Gasteiger partial charge in [-0.15, -0.1) is 0 Å². The number of nitrogens with zero attached hydrogens (tertiary/aromatic N) is 1. The van der Waals surface area contributed by atoms with Gasteiger partial charge in [-0.2, -0.15) is 5.26 Å². The zero-order valence-electron chi connectivity index (χ0n) is 21.2. The summed E-state index contributed by atoms with van der Waals surface area (Å²) in [5.41, 5.74) is 4.31. The number of benzene rings is 2. The van der Waals surface area contributed by atoms with Crippen LogP contribution in [0.25, 0.3) is 0 Å². The van der Waals surface area contributed by atoms with E-state index in [2.05, 4.69) is 16.7 Å². The molecule has 0 saturated carbocycles. The maximum Gasteiger partial charge on any atom is 0.319 e. The summed E-state index contributed by atoms with van der Waals surface area (Å²) in [4.78, 5) is 38.4. The van der Waals surface area contributed by atoms with Crippen molar-refractivity contribution in [2.45, 2.75) is 33.6 Å². The van der Waals surface area contributed by atoms with Crippen LogP contribution >= 0.6 is 23.4 Å². The average Bonchev–Trinajstić information content (AvgIpc) is 2.85. The van der Waals surface area contributed by atoms with E-state index in [0.29, 0.717) is 17.9 Å². The molecule has 0 unspecified atom stereocenters. The Hall–Kier alpha value is -3.48. The lowest BCUT2D eigenvalue weighted by molar-refractivity contribution is -0.150. The molecular weight excluding hydrogens is 514 g/mol. The Morgan fingerprint density at radius 1 is 1.19 bits per heavy atom. The van der Waals surface area contributed by atoms with Crippen molar-refractivity contribution in [2.24, 2.45) is 5.92 Å². The summed E-state index contributed by atoms with van der Waals surface area (Å²) < 4.78 is 10.3. The maximum atomic E-state index is 13.0. The Labute approximate surface area is 225 Å². The largest absolute Gasteiger partial charge is 0.492 e. The van der Waals surface area contributed by atoms with Crippen LogP contribution in [0.15, 0.2) is 40.9 Å². The number of rotatable bonds is 8. The molecule has 194 valence electrons. The van der Waals surface area contributed by atoms with Crippen molar-refractivity contribution in [1.82, 2.24) is 5.32 Å². The number of carbonyl (C=O) groups is 3. The molecule has 3 rings (SSSR count). The van der Waals surface area contributed by atoms with Crippen LogP contribution in [0.2, 0.25) is 5.02 Å². The molecule has 1 aliphatic heterocycles. The molecule has 1 heterocycles. The number of nitrogens with one attached hydrogen (secondary N) is 2. The lowest BCUT2D eigenvalue weighted by Gasteiger charge is -2.31. The fourth-order valence-corrected chi connectivity index (χ4v) is 5.45. The van der Waals surface area contributed by atoms with E-state index < -0.39 is 23.7 Å². The van der Waals surface area contributed by atoms with E-state index in [1.165, 1.54) is 7.11 Å². The fourth-order valence-electron chi connectivity index (χ4n) is 4.35. The highest BCUT2D eigenvalue weighted by Crippen LogP contribution is 2.42. The lowest BCUT2D eigenvalue weighted by Crippen LogP contribution is -2.44. The number of methoxy groups -OCH3 is 1. The second-order valence-electron chi connectivity index (χ2n) is 8.56. The van der Waals surface area contributed by atoms with Gasteiger partial charge in [-0.1, -0.05) is 47.1 Å². The number of carbonyl (C=O) groups excluding carboxylic acids is 3. The van der Waals surface area contributed by atoms with Crippen LogP contribution < -0.4 is 15.4 Å². The number of aryl methyl sites for hydroxylation is 3.